The van der Waals surface area contributed by atoms with Crippen LogP contribution >= 0.6 is 11.6 Å². The zero-order chi connectivity index (χ0) is 12.4. The Morgan fingerprint density at radius 1 is 1.24 bits per heavy atom. The van der Waals surface area contributed by atoms with Gasteiger partial charge in [-0.3, -0.25) is 5.84 Å². The summed E-state index contributed by atoms with van der Waals surface area (Å²) in [4.78, 5) is 0. The molecule has 1 aromatic carbocycles. The zero-order valence-corrected chi connectivity index (χ0v) is 10.6. The minimum absolute atomic E-state index is 0.106. The van der Waals surface area contributed by atoms with Crippen molar-refractivity contribution in [2.75, 3.05) is 0 Å². The van der Waals surface area contributed by atoms with E-state index in [9.17, 15) is 0 Å². The van der Waals surface area contributed by atoms with Crippen LogP contribution in [0.1, 0.15) is 28.5 Å². The summed E-state index contributed by atoms with van der Waals surface area (Å²) in [5, 5.41) is 0.739. The maximum absolute atomic E-state index is 6.12. The quantitative estimate of drug-likeness (QED) is 0.650. The molecule has 90 valence electrons. The summed E-state index contributed by atoms with van der Waals surface area (Å²) in [7, 11) is 0. The van der Waals surface area contributed by atoms with Crippen molar-refractivity contribution in [2.45, 2.75) is 19.9 Å². The highest BCUT2D eigenvalue weighted by atomic mass is 35.5. The predicted molar refractivity (Wildman–Crippen MR) is 68.8 cm³/mol. The maximum Gasteiger partial charge on any atom is 0.101 e. The van der Waals surface area contributed by atoms with Gasteiger partial charge in [-0.05, 0) is 37.1 Å². The van der Waals surface area contributed by atoms with Gasteiger partial charge in [0.2, 0.25) is 0 Å². The highest BCUT2D eigenvalue weighted by molar-refractivity contribution is 6.31. The van der Waals surface area contributed by atoms with E-state index >= 15 is 0 Å². The lowest BCUT2D eigenvalue weighted by Crippen LogP contribution is -2.28. The molecule has 1 heterocycles. The van der Waals surface area contributed by atoms with Gasteiger partial charge in [-0.15, -0.1) is 0 Å². The van der Waals surface area contributed by atoms with Crippen molar-refractivity contribution >= 4 is 11.6 Å². The van der Waals surface area contributed by atoms with Crippen LogP contribution in [0.15, 0.2) is 34.9 Å². The van der Waals surface area contributed by atoms with Crippen LogP contribution in [0.2, 0.25) is 5.02 Å². The Bertz CT molecular complexity index is 522. The molecular formula is C13H15ClN2O. The number of halogens is 1. The Hall–Kier alpha value is -1.29. The van der Waals surface area contributed by atoms with Crippen LogP contribution in [0.5, 0.6) is 0 Å². The monoisotopic (exact) mass is 250 g/mol. The van der Waals surface area contributed by atoms with Crippen LogP contribution in [0, 0.1) is 13.8 Å². The van der Waals surface area contributed by atoms with E-state index in [1.165, 1.54) is 0 Å². The van der Waals surface area contributed by atoms with Crippen molar-refractivity contribution < 1.29 is 4.42 Å². The molecular weight excluding hydrogens is 236 g/mol. The smallest absolute Gasteiger partial charge is 0.101 e. The van der Waals surface area contributed by atoms with E-state index in [-0.39, 0.29) is 6.04 Å². The molecule has 0 amide bonds. The number of aryl methyl sites for hydroxylation is 2. The van der Waals surface area contributed by atoms with Crippen LogP contribution in [0.3, 0.4) is 0 Å². The average Bonchev–Trinajstić information content (AvgIpc) is 2.71. The fourth-order valence-electron chi connectivity index (χ4n) is 1.79. The normalized spacial score (nSPS) is 12.7. The van der Waals surface area contributed by atoms with Crippen LogP contribution in [0.25, 0.3) is 0 Å². The number of nitrogens with one attached hydrogen (secondary N) is 1. The van der Waals surface area contributed by atoms with Gasteiger partial charge in [0, 0.05) is 10.6 Å². The lowest BCUT2D eigenvalue weighted by molar-refractivity contribution is 0.526. The van der Waals surface area contributed by atoms with Gasteiger partial charge >= 0.3 is 0 Å². The molecule has 0 bridgehead atoms. The molecule has 1 atom stereocenters. The third-order valence-corrected chi connectivity index (χ3v) is 3.19. The van der Waals surface area contributed by atoms with E-state index in [2.05, 4.69) is 5.43 Å². The molecule has 0 saturated carbocycles. The molecule has 1 unspecified atom stereocenters. The molecule has 0 spiro atoms. The number of rotatable bonds is 3. The maximum atomic E-state index is 6.12. The molecule has 2 aromatic rings. The first-order chi connectivity index (χ1) is 8.11. The fourth-order valence-corrected chi connectivity index (χ4v) is 1.98. The molecule has 3 nitrogen and oxygen atoms in total. The van der Waals surface area contributed by atoms with Crippen molar-refractivity contribution in [2.24, 2.45) is 5.84 Å². The Labute approximate surface area is 106 Å². The standard InChI is InChI=1S/C13H15ClN2O/c1-8-3-4-10(6-12(8)14)13(16-15)11-5-9(2)17-7-11/h3-7,13,16H,15H2,1-2H3. The minimum Gasteiger partial charge on any atom is -0.469 e. The largest absolute Gasteiger partial charge is 0.469 e. The predicted octanol–water partition coefficient (Wildman–Crippen LogP) is 3.10. The molecule has 0 saturated heterocycles. The van der Waals surface area contributed by atoms with E-state index < -0.39 is 0 Å². The SMILES string of the molecule is Cc1cc(C(NN)c2ccc(C)c(Cl)c2)co1. The summed E-state index contributed by atoms with van der Waals surface area (Å²) in [6, 6.07) is 7.76. The molecule has 0 aliphatic heterocycles. The number of hydrogen-bond acceptors (Lipinski definition) is 3. The van der Waals surface area contributed by atoms with Gasteiger partial charge in [-0.1, -0.05) is 23.7 Å². The van der Waals surface area contributed by atoms with Crippen LogP contribution in [-0.2, 0) is 0 Å². The second-order valence-corrected chi connectivity index (χ2v) is 4.51. The molecule has 0 fully saturated rings. The van der Waals surface area contributed by atoms with Crippen molar-refractivity contribution in [1.29, 1.82) is 0 Å². The summed E-state index contributed by atoms with van der Waals surface area (Å²) >= 11 is 6.12. The third kappa shape index (κ3) is 2.52. The fraction of sp³-hybridized carbons (Fsp3) is 0.231. The number of benzene rings is 1. The third-order valence-electron chi connectivity index (χ3n) is 2.78. The van der Waals surface area contributed by atoms with Gasteiger partial charge < -0.3 is 4.42 Å². The highest BCUT2D eigenvalue weighted by Gasteiger charge is 2.15. The Balaban J connectivity index is 2.38. The van der Waals surface area contributed by atoms with E-state index in [1.54, 1.807) is 6.26 Å². The van der Waals surface area contributed by atoms with Crippen LogP contribution in [-0.4, -0.2) is 0 Å². The first kappa shape index (κ1) is 12.2. The lowest BCUT2D eigenvalue weighted by Gasteiger charge is -2.15. The minimum atomic E-state index is -0.106. The summed E-state index contributed by atoms with van der Waals surface area (Å²) < 4.78 is 5.29. The molecule has 17 heavy (non-hydrogen) atoms. The molecule has 0 radical (unpaired) electrons. The first-order valence-electron chi connectivity index (χ1n) is 5.39. The van der Waals surface area contributed by atoms with Crippen LogP contribution < -0.4 is 11.3 Å². The summed E-state index contributed by atoms with van der Waals surface area (Å²) in [6.45, 7) is 3.87. The molecule has 0 aliphatic rings. The van der Waals surface area contributed by atoms with Gasteiger partial charge in [0.15, 0.2) is 0 Å². The Morgan fingerprint density at radius 2 is 2.00 bits per heavy atom. The molecule has 4 heteroatoms. The van der Waals surface area contributed by atoms with Crippen molar-refractivity contribution in [3.05, 3.63) is 58.0 Å². The zero-order valence-electron chi connectivity index (χ0n) is 9.83. The molecule has 3 N–H and O–H groups in total. The lowest BCUT2D eigenvalue weighted by atomic mass is 10.0. The highest BCUT2D eigenvalue weighted by Crippen LogP contribution is 2.26. The van der Waals surface area contributed by atoms with Crippen molar-refractivity contribution in [3.63, 3.8) is 0 Å². The average molecular weight is 251 g/mol. The summed E-state index contributed by atoms with van der Waals surface area (Å²) in [6.07, 6.45) is 1.70. The van der Waals surface area contributed by atoms with E-state index in [0.29, 0.717) is 0 Å². The number of furan rings is 1. The van der Waals surface area contributed by atoms with Gasteiger partial charge in [0.05, 0.1) is 12.3 Å². The molecule has 1 aromatic heterocycles. The second kappa shape index (κ2) is 4.92. The van der Waals surface area contributed by atoms with E-state index in [0.717, 1.165) is 27.5 Å². The van der Waals surface area contributed by atoms with Gasteiger partial charge in [0.1, 0.15) is 5.76 Å². The second-order valence-electron chi connectivity index (χ2n) is 4.10. The van der Waals surface area contributed by atoms with Gasteiger partial charge in [-0.2, -0.15) is 0 Å². The van der Waals surface area contributed by atoms with Crippen LogP contribution in [0.4, 0.5) is 0 Å². The molecule has 0 aliphatic carbocycles. The van der Waals surface area contributed by atoms with Gasteiger partial charge in [-0.25, -0.2) is 5.43 Å². The Morgan fingerprint density at radius 3 is 2.53 bits per heavy atom. The van der Waals surface area contributed by atoms with Gasteiger partial charge in [0.25, 0.3) is 0 Å². The molecule has 2 rings (SSSR count). The van der Waals surface area contributed by atoms with Crippen molar-refractivity contribution in [1.82, 2.24) is 5.43 Å². The summed E-state index contributed by atoms with van der Waals surface area (Å²) in [5.41, 5.74) is 5.83. The van der Waals surface area contributed by atoms with Crippen molar-refractivity contribution in [3.8, 4) is 0 Å². The Kier molecular flexibility index (Phi) is 3.52. The number of nitrogens with two attached hydrogens (primary N) is 1. The first-order valence-corrected chi connectivity index (χ1v) is 5.77. The van der Waals surface area contributed by atoms with E-state index in [1.807, 2.05) is 38.1 Å². The topological polar surface area (TPSA) is 51.2 Å². The summed E-state index contributed by atoms with van der Waals surface area (Å²) in [5.74, 6) is 6.46. The number of hydrogen-bond donors (Lipinski definition) is 2. The number of hydrazine groups is 1. The van der Waals surface area contributed by atoms with E-state index in [4.69, 9.17) is 21.9 Å².